The first kappa shape index (κ1) is 22.8. The van der Waals surface area contributed by atoms with Crippen LogP contribution in [0.25, 0.3) is 0 Å². The van der Waals surface area contributed by atoms with Gasteiger partial charge in [-0.25, -0.2) is 12.8 Å². The minimum absolute atomic E-state index is 0.0350. The molecular weight excluding hydrogens is 457 g/mol. The summed E-state index contributed by atoms with van der Waals surface area (Å²) in [5.74, 6) is 0.739. The van der Waals surface area contributed by atoms with Gasteiger partial charge in [-0.1, -0.05) is 18.2 Å². The SMILES string of the molecule is O=C(CNC(=O)C12CC3CC(CC(C3)C1)C2)Nc1cccc(S(=O)(=O)Nc2ccccc2F)c1. The summed E-state index contributed by atoms with van der Waals surface area (Å²) in [5.41, 5.74) is -0.226. The molecule has 0 atom stereocenters. The minimum atomic E-state index is -4.06. The number of rotatable bonds is 7. The molecule has 4 aliphatic rings. The van der Waals surface area contributed by atoms with Gasteiger partial charge in [0, 0.05) is 11.1 Å². The van der Waals surface area contributed by atoms with Crippen molar-refractivity contribution in [3.63, 3.8) is 0 Å². The second-order valence-corrected chi connectivity index (χ2v) is 11.7. The zero-order chi connectivity index (χ0) is 23.9. The molecule has 180 valence electrons. The number of carbonyl (C=O) groups is 2. The van der Waals surface area contributed by atoms with Gasteiger partial charge < -0.3 is 10.6 Å². The van der Waals surface area contributed by atoms with Gasteiger partial charge in [-0.3, -0.25) is 14.3 Å². The van der Waals surface area contributed by atoms with Gasteiger partial charge in [-0.15, -0.1) is 0 Å². The molecule has 0 aromatic heterocycles. The van der Waals surface area contributed by atoms with Gasteiger partial charge in [0.2, 0.25) is 11.8 Å². The molecule has 4 aliphatic carbocycles. The van der Waals surface area contributed by atoms with Crippen LogP contribution in [0.1, 0.15) is 38.5 Å². The van der Waals surface area contributed by atoms with Crippen molar-refractivity contribution in [3.05, 3.63) is 54.3 Å². The molecule has 34 heavy (non-hydrogen) atoms. The fraction of sp³-hybridized carbons (Fsp3) is 0.440. The Bertz CT molecular complexity index is 1190. The number of hydrogen-bond acceptors (Lipinski definition) is 4. The van der Waals surface area contributed by atoms with Crippen LogP contribution in [0.15, 0.2) is 53.4 Å². The summed E-state index contributed by atoms with van der Waals surface area (Å²) in [6.07, 6.45) is 6.46. The number of carbonyl (C=O) groups excluding carboxylic acids is 2. The van der Waals surface area contributed by atoms with E-state index in [-0.39, 0.29) is 34.1 Å². The zero-order valence-electron chi connectivity index (χ0n) is 18.7. The maximum atomic E-state index is 13.9. The lowest BCUT2D eigenvalue weighted by atomic mass is 9.49. The molecule has 0 spiro atoms. The Kier molecular flexibility index (Phi) is 5.83. The molecular formula is C25H28FN3O4S. The van der Waals surface area contributed by atoms with Crippen molar-refractivity contribution >= 4 is 33.2 Å². The van der Waals surface area contributed by atoms with Crippen LogP contribution in [-0.2, 0) is 19.6 Å². The summed E-state index contributed by atoms with van der Waals surface area (Å²) in [4.78, 5) is 25.4. The number of amides is 2. The van der Waals surface area contributed by atoms with Crippen LogP contribution in [0.4, 0.5) is 15.8 Å². The predicted octanol–water partition coefficient (Wildman–Crippen LogP) is 3.90. The summed E-state index contributed by atoms with van der Waals surface area (Å²) in [7, 11) is -4.06. The molecule has 4 saturated carbocycles. The van der Waals surface area contributed by atoms with Crippen LogP contribution in [0, 0.1) is 29.0 Å². The largest absolute Gasteiger partial charge is 0.347 e. The van der Waals surface area contributed by atoms with E-state index in [1.807, 2.05) is 0 Å². The molecule has 0 unspecified atom stereocenters. The molecule has 2 aromatic rings. The quantitative estimate of drug-likeness (QED) is 0.553. The first-order chi connectivity index (χ1) is 16.2. The topological polar surface area (TPSA) is 104 Å². The highest BCUT2D eigenvalue weighted by Gasteiger charge is 2.54. The van der Waals surface area contributed by atoms with Crippen molar-refractivity contribution < 1.29 is 22.4 Å². The van der Waals surface area contributed by atoms with Crippen molar-refractivity contribution in [2.75, 3.05) is 16.6 Å². The minimum Gasteiger partial charge on any atom is -0.347 e. The Morgan fingerprint density at radius 3 is 2.24 bits per heavy atom. The lowest BCUT2D eigenvalue weighted by Crippen LogP contribution is -2.54. The normalized spacial score (nSPS) is 27.3. The lowest BCUT2D eigenvalue weighted by molar-refractivity contribution is -0.146. The van der Waals surface area contributed by atoms with Crippen LogP contribution < -0.4 is 15.4 Å². The summed E-state index contributed by atoms with van der Waals surface area (Å²) in [6, 6.07) is 11.2. The van der Waals surface area contributed by atoms with Gasteiger partial charge in [-0.2, -0.15) is 0 Å². The smallest absolute Gasteiger partial charge is 0.262 e. The van der Waals surface area contributed by atoms with E-state index in [0.29, 0.717) is 17.8 Å². The van der Waals surface area contributed by atoms with Gasteiger partial charge in [-0.05, 0) is 86.6 Å². The van der Waals surface area contributed by atoms with Crippen LogP contribution >= 0.6 is 0 Å². The zero-order valence-corrected chi connectivity index (χ0v) is 19.5. The Morgan fingerprint density at radius 2 is 1.59 bits per heavy atom. The highest BCUT2D eigenvalue weighted by atomic mass is 32.2. The average Bonchev–Trinajstić information content (AvgIpc) is 2.78. The molecule has 2 aromatic carbocycles. The molecule has 6 rings (SSSR count). The van der Waals surface area contributed by atoms with Crippen molar-refractivity contribution in [1.29, 1.82) is 0 Å². The number of anilines is 2. The number of para-hydroxylation sites is 1. The van der Waals surface area contributed by atoms with Crippen molar-refractivity contribution in [1.82, 2.24) is 5.32 Å². The van der Waals surface area contributed by atoms with Gasteiger partial charge in [0.15, 0.2) is 0 Å². The Morgan fingerprint density at radius 1 is 0.941 bits per heavy atom. The van der Waals surface area contributed by atoms with E-state index in [1.165, 1.54) is 55.7 Å². The van der Waals surface area contributed by atoms with Crippen molar-refractivity contribution in [3.8, 4) is 0 Å². The van der Waals surface area contributed by atoms with Crippen LogP contribution in [0.3, 0.4) is 0 Å². The molecule has 7 nitrogen and oxygen atoms in total. The van der Waals surface area contributed by atoms with E-state index in [4.69, 9.17) is 0 Å². The third kappa shape index (κ3) is 4.53. The Labute approximate surface area is 198 Å². The maximum absolute atomic E-state index is 13.9. The summed E-state index contributed by atoms with van der Waals surface area (Å²) in [6.45, 7) is -0.176. The van der Waals surface area contributed by atoms with E-state index in [9.17, 15) is 22.4 Å². The average molecular weight is 486 g/mol. The highest BCUT2D eigenvalue weighted by Crippen LogP contribution is 2.60. The standard InChI is InChI=1S/C25H28FN3O4S/c26-21-6-1-2-7-22(21)29-34(32,33)20-5-3-4-19(11-20)28-23(30)15-27-24(31)25-12-16-8-17(13-25)10-18(9-16)14-25/h1-7,11,16-18,29H,8-10,12-15H2,(H,27,31)(H,28,30). The molecule has 2 amide bonds. The van der Waals surface area contributed by atoms with Crippen molar-refractivity contribution in [2.24, 2.45) is 23.2 Å². The first-order valence-corrected chi connectivity index (χ1v) is 13.2. The highest BCUT2D eigenvalue weighted by molar-refractivity contribution is 7.92. The third-order valence-electron chi connectivity index (χ3n) is 7.48. The number of halogens is 1. The molecule has 0 saturated heterocycles. The van der Waals surface area contributed by atoms with Gasteiger partial charge >= 0.3 is 0 Å². The molecule has 4 fully saturated rings. The van der Waals surface area contributed by atoms with Crippen LogP contribution in [-0.4, -0.2) is 26.8 Å². The predicted molar refractivity (Wildman–Crippen MR) is 126 cm³/mol. The van der Waals surface area contributed by atoms with Gasteiger partial charge in [0.25, 0.3) is 10.0 Å². The summed E-state index contributed by atoms with van der Waals surface area (Å²) < 4.78 is 41.4. The molecule has 0 heterocycles. The maximum Gasteiger partial charge on any atom is 0.262 e. The van der Waals surface area contributed by atoms with Crippen LogP contribution in [0.2, 0.25) is 0 Å². The summed E-state index contributed by atoms with van der Waals surface area (Å²) >= 11 is 0. The van der Waals surface area contributed by atoms with E-state index in [2.05, 4.69) is 15.4 Å². The van der Waals surface area contributed by atoms with E-state index >= 15 is 0 Å². The van der Waals surface area contributed by atoms with Crippen molar-refractivity contribution in [2.45, 2.75) is 43.4 Å². The number of benzene rings is 2. The Hall–Kier alpha value is -2.94. The Balaban J connectivity index is 1.20. The number of hydrogen-bond donors (Lipinski definition) is 3. The molecule has 4 bridgehead atoms. The molecule has 3 N–H and O–H groups in total. The molecule has 0 radical (unpaired) electrons. The van der Waals surface area contributed by atoms with Crippen LogP contribution in [0.5, 0.6) is 0 Å². The van der Waals surface area contributed by atoms with E-state index < -0.39 is 21.7 Å². The number of sulfonamides is 1. The number of nitrogens with one attached hydrogen (secondary N) is 3. The third-order valence-corrected chi connectivity index (χ3v) is 8.84. The first-order valence-electron chi connectivity index (χ1n) is 11.7. The molecule has 9 heteroatoms. The van der Waals surface area contributed by atoms with E-state index in [1.54, 1.807) is 6.07 Å². The van der Waals surface area contributed by atoms with E-state index in [0.717, 1.165) is 25.3 Å². The second-order valence-electron chi connectivity index (χ2n) is 10.0. The second kappa shape index (κ2) is 8.69. The summed E-state index contributed by atoms with van der Waals surface area (Å²) in [5, 5.41) is 5.46. The van der Waals surface area contributed by atoms with Gasteiger partial charge in [0.05, 0.1) is 17.1 Å². The monoisotopic (exact) mass is 485 g/mol. The fourth-order valence-electron chi connectivity index (χ4n) is 6.43. The van der Waals surface area contributed by atoms with Gasteiger partial charge in [0.1, 0.15) is 5.82 Å². The molecule has 0 aliphatic heterocycles. The lowest BCUT2D eigenvalue weighted by Gasteiger charge is -2.55. The fourth-order valence-corrected chi connectivity index (χ4v) is 7.54.